The Kier molecular flexibility index (Phi) is 5.03. The van der Waals surface area contributed by atoms with Gasteiger partial charge in [-0.05, 0) is 52.5 Å². The molecule has 1 heterocycles. The zero-order chi connectivity index (χ0) is 11.3. The van der Waals surface area contributed by atoms with Crippen LogP contribution in [0, 0.1) is 5.41 Å². The molecule has 0 saturated carbocycles. The molecule has 0 atom stereocenters. The van der Waals surface area contributed by atoms with Crippen molar-refractivity contribution < 1.29 is 4.74 Å². The van der Waals surface area contributed by atoms with Crippen LogP contribution in [0.25, 0.3) is 0 Å². The standard InChI is InChI=1S/C12H26N2O/c1-12(5-7-14(4)8-6-12)11-15-10-9-13(2)3/h5-11H2,1-4H3. The molecule has 15 heavy (non-hydrogen) atoms. The van der Waals surface area contributed by atoms with E-state index in [0.29, 0.717) is 5.41 Å². The summed E-state index contributed by atoms with van der Waals surface area (Å²) in [7, 11) is 6.37. The highest BCUT2D eigenvalue weighted by Gasteiger charge is 2.28. The monoisotopic (exact) mass is 214 g/mol. The molecular formula is C12H26N2O. The summed E-state index contributed by atoms with van der Waals surface area (Å²) >= 11 is 0. The molecule has 0 aromatic rings. The van der Waals surface area contributed by atoms with Gasteiger partial charge in [-0.3, -0.25) is 0 Å². The van der Waals surface area contributed by atoms with Crippen LogP contribution in [-0.2, 0) is 4.74 Å². The second kappa shape index (κ2) is 5.83. The molecule has 0 spiro atoms. The number of hydrogen-bond donors (Lipinski definition) is 0. The van der Waals surface area contributed by atoms with Gasteiger partial charge in [0.2, 0.25) is 0 Å². The zero-order valence-electron chi connectivity index (χ0n) is 10.8. The van der Waals surface area contributed by atoms with Gasteiger partial charge >= 0.3 is 0 Å². The molecular weight excluding hydrogens is 188 g/mol. The van der Waals surface area contributed by atoms with Crippen molar-refractivity contribution in [3.63, 3.8) is 0 Å². The highest BCUT2D eigenvalue weighted by atomic mass is 16.5. The number of likely N-dealkylation sites (tertiary alicyclic amines) is 1. The lowest BCUT2D eigenvalue weighted by molar-refractivity contribution is 0.0119. The van der Waals surface area contributed by atoms with Gasteiger partial charge in [-0.2, -0.15) is 0 Å². The van der Waals surface area contributed by atoms with Crippen molar-refractivity contribution in [2.75, 3.05) is 54.0 Å². The average molecular weight is 214 g/mol. The summed E-state index contributed by atoms with van der Waals surface area (Å²) in [5, 5.41) is 0. The first-order valence-electron chi connectivity index (χ1n) is 5.93. The predicted octanol–water partition coefficient (Wildman–Crippen LogP) is 1.30. The van der Waals surface area contributed by atoms with E-state index < -0.39 is 0 Å². The third-order valence-electron chi connectivity index (χ3n) is 3.33. The van der Waals surface area contributed by atoms with E-state index in [1.807, 2.05) is 0 Å². The average Bonchev–Trinajstić information content (AvgIpc) is 2.18. The van der Waals surface area contributed by atoms with Gasteiger partial charge in [0.05, 0.1) is 13.2 Å². The minimum absolute atomic E-state index is 0.415. The van der Waals surface area contributed by atoms with Gasteiger partial charge < -0.3 is 14.5 Å². The number of nitrogens with zero attached hydrogens (tertiary/aromatic N) is 2. The van der Waals surface area contributed by atoms with Crippen molar-refractivity contribution in [1.29, 1.82) is 0 Å². The van der Waals surface area contributed by atoms with Gasteiger partial charge in [-0.1, -0.05) is 6.92 Å². The highest BCUT2D eigenvalue weighted by Crippen LogP contribution is 2.30. The Bertz CT molecular complexity index is 174. The van der Waals surface area contributed by atoms with Gasteiger partial charge in [0.1, 0.15) is 0 Å². The van der Waals surface area contributed by atoms with Crippen LogP contribution in [0.4, 0.5) is 0 Å². The second-order valence-corrected chi connectivity index (χ2v) is 5.47. The Morgan fingerprint density at radius 2 is 1.87 bits per heavy atom. The summed E-state index contributed by atoms with van der Waals surface area (Å²) in [6.45, 7) is 7.60. The second-order valence-electron chi connectivity index (χ2n) is 5.47. The van der Waals surface area contributed by atoms with Crippen LogP contribution in [0.1, 0.15) is 19.8 Å². The largest absolute Gasteiger partial charge is 0.380 e. The first-order chi connectivity index (χ1) is 7.02. The fraction of sp³-hybridized carbons (Fsp3) is 1.00. The SMILES string of the molecule is CN(C)CCOCC1(C)CCN(C)CC1. The normalized spacial score (nSPS) is 22.2. The summed E-state index contributed by atoms with van der Waals surface area (Å²) in [4.78, 5) is 4.57. The van der Waals surface area contributed by atoms with Gasteiger partial charge in [0.15, 0.2) is 0 Å². The molecule has 0 amide bonds. The molecule has 0 aromatic heterocycles. The van der Waals surface area contributed by atoms with Gasteiger partial charge in [-0.15, -0.1) is 0 Å². The van der Waals surface area contributed by atoms with E-state index in [9.17, 15) is 0 Å². The zero-order valence-corrected chi connectivity index (χ0v) is 10.8. The highest BCUT2D eigenvalue weighted by molar-refractivity contribution is 4.80. The van der Waals surface area contributed by atoms with Crippen molar-refractivity contribution in [2.45, 2.75) is 19.8 Å². The lowest BCUT2D eigenvalue weighted by Gasteiger charge is -2.37. The first kappa shape index (κ1) is 12.9. The molecule has 0 bridgehead atoms. The molecule has 0 aromatic carbocycles. The van der Waals surface area contributed by atoms with Crippen LogP contribution < -0.4 is 0 Å². The minimum Gasteiger partial charge on any atom is -0.380 e. The predicted molar refractivity (Wildman–Crippen MR) is 64.2 cm³/mol. The maximum absolute atomic E-state index is 5.76. The van der Waals surface area contributed by atoms with Crippen molar-refractivity contribution in [3.05, 3.63) is 0 Å². The lowest BCUT2D eigenvalue weighted by Crippen LogP contribution is -2.39. The molecule has 0 unspecified atom stereocenters. The van der Waals surface area contributed by atoms with E-state index in [4.69, 9.17) is 4.74 Å². The summed E-state index contributed by atoms with van der Waals surface area (Å²) in [6, 6.07) is 0. The Labute approximate surface area is 94.4 Å². The number of hydrogen-bond acceptors (Lipinski definition) is 3. The van der Waals surface area contributed by atoms with Crippen molar-refractivity contribution in [2.24, 2.45) is 5.41 Å². The van der Waals surface area contributed by atoms with E-state index in [0.717, 1.165) is 19.8 Å². The Balaban J connectivity index is 2.14. The number of ether oxygens (including phenoxy) is 1. The molecule has 3 nitrogen and oxygen atoms in total. The number of likely N-dealkylation sites (N-methyl/N-ethyl adjacent to an activating group) is 1. The fourth-order valence-electron chi connectivity index (χ4n) is 1.87. The smallest absolute Gasteiger partial charge is 0.0593 e. The molecule has 1 aliphatic heterocycles. The quantitative estimate of drug-likeness (QED) is 0.642. The topological polar surface area (TPSA) is 15.7 Å². The van der Waals surface area contributed by atoms with Crippen LogP contribution in [-0.4, -0.2) is 63.8 Å². The summed E-state index contributed by atoms with van der Waals surface area (Å²) < 4.78 is 5.76. The first-order valence-corrected chi connectivity index (χ1v) is 5.93. The van der Waals surface area contributed by atoms with Crippen LogP contribution in [0.3, 0.4) is 0 Å². The van der Waals surface area contributed by atoms with Crippen molar-refractivity contribution in [3.8, 4) is 0 Å². The Hall–Kier alpha value is -0.120. The third-order valence-corrected chi connectivity index (χ3v) is 3.33. The molecule has 0 N–H and O–H groups in total. The van der Waals surface area contributed by atoms with Crippen LogP contribution >= 0.6 is 0 Å². The molecule has 3 heteroatoms. The van der Waals surface area contributed by atoms with E-state index in [-0.39, 0.29) is 0 Å². The summed E-state index contributed by atoms with van der Waals surface area (Å²) in [5.41, 5.74) is 0.415. The van der Waals surface area contributed by atoms with Crippen LogP contribution in [0.2, 0.25) is 0 Å². The van der Waals surface area contributed by atoms with E-state index in [1.165, 1.54) is 25.9 Å². The molecule has 90 valence electrons. The van der Waals surface area contributed by atoms with E-state index >= 15 is 0 Å². The molecule has 1 saturated heterocycles. The number of piperidine rings is 1. The fourth-order valence-corrected chi connectivity index (χ4v) is 1.87. The molecule has 0 aliphatic carbocycles. The Morgan fingerprint density at radius 1 is 1.27 bits per heavy atom. The molecule has 0 radical (unpaired) electrons. The maximum Gasteiger partial charge on any atom is 0.0593 e. The van der Waals surface area contributed by atoms with Gasteiger partial charge in [-0.25, -0.2) is 0 Å². The minimum atomic E-state index is 0.415. The summed E-state index contributed by atoms with van der Waals surface area (Å²) in [5.74, 6) is 0. The van der Waals surface area contributed by atoms with Crippen molar-refractivity contribution in [1.82, 2.24) is 9.80 Å². The van der Waals surface area contributed by atoms with Gasteiger partial charge in [0.25, 0.3) is 0 Å². The maximum atomic E-state index is 5.76. The number of rotatable bonds is 5. The molecule has 1 aliphatic rings. The lowest BCUT2D eigenvalue weighted by atomic mass is 9.81. The molecule has 1 fully saturated rings. The van der Waals surface area contributed by atoms with Crippen LogP contribution in [0.15, 0.2) is 0 Å². The van der Waals surface area contributed by atoms with E-state index in [1.54, 1.807) is 0 Å². The van der Waals surface area contributed by atoms with E-state index in [2.05, 4.69) is 37.9 Å². The van der Waals surface area contributed by atoms with Crippen LogP contribution in [0.5, 0.6) is 0 Å². The van der Waals surface area contributed by atoms with Gasteiger partial charge in [0, 0.05) is 6.54 Å². The molecule has 1 rings (SSSR count). The summed E-state index contributed by atoms with van der Waals surface area (Å²) in [6.07, 6.45) is 2.54. The third kappa shape index (κ3) is 4.96. The van der Waals surface area contributed by atoms with Crippen molar-refractivity contribution >= 4 is 0 Å². The Morgan fingerprint density at radius 3 is 2.40 bits per heavy atom.